The molecule has 0 N–H and O–H groups in total. The van der Waals surface area contributed by atoms with Gasteiger partial charge in [-0.3, -0.25) is 0 Å². The van der Waals surface area contributed by atoms with Crippen molar-refractivity contribution in [2.24, 2.45) is 0 Å². The molecule has 0 heterocycles. The summed E-state index contributed by atoms with van der Waals surface area (Å²) in [6.07, 6.45) is -9.47. The monoisotopic (exact) mass is 433 g/mol. The van der Waals surface area contributed by atoms with Crippen LogP contribution in [0.25, 0.3) is 11.1 Å². The van der Waals surface area contributed by atoms with Gasteiger partial charge in [0.2, 0.25) is 0 Å². The first-order valence-electron chi connectivity index (χ1n) is 7.89. The SMILES string of the molecule is Fc1[c]c(-c2cccc(Oc3ccc(Cl)c(C(F)(F)F)c3)c2)c(C(F)(F)F)cc1. The Bertz CT molecular complexity index is 1040. The van der Waals surface area contributed by atoms with Crippen molar-refractivity contribution in [2.45, 2.75) is 12.4 Å². The second kappa shape index (κ2) is 7.59. The third-order valence-corrected chi connectivity index (χ3v) is 4.15. The summed E-state index contributed by atoms with van der Waals surface area (Å²) >= 11 is 5.54. The fraction of sp³-hybridized carbons (Fsp3) is 0.100. The molecule has 0 unspecified atom stereocenters. The summed E-state index contributed by atoms with van der Waals surface area (Å²) in [4.78, 5) is 0. The quantitative estimate of drug-likeness (QED) is 0.383. The van der Waals surface area contributed by atoms with Gasteiger partial charge in [-0.05, 0) is 48.0 Å². The molecule has 0 aliphatic heterocycles. The third kappa shape index (κ3) is 4.82. The van der Waals surface area contributed by atoms with E-state index in [9.17, 15) is 30.7 Å². The molecule has 0 amide bonds. The molecule has 9 heteroatoms. The molecule has 0 spiro atoms. The van der Waals surface area contributed by atoms with Crippen molar-refractivity contribution in [2.75, 3.05) is 0 Å². The van der Waals surface area contributed by atoms with Crippen LogP contribution < -0.4 is 4.74 Å². The first-order valence-corrected chi connectivity index (χ1v) is 8.27. The highest BCUT2D eigenvalue weighted by atomic mass is 35.5. The Kier molecular flexibility index (Phi) is 5.49. The lowest BCUT2D eigenvalue weighted by molar-refractivity contribution is -0.138. The van der Waals surface area contributed by atoms with E-state index in [1.807, 2.05) is 6.07 Å². The number of hydrogen-bond donors (Lipinski definition) is 0. The van der Waals surface area contributed by atoms with Crippen LogP contribution in [0.3, 0.4) is 0 Å². The van der Waals surface area contributed by atoms with Crippen LogP contribution in [-0.2, 0) is 12.4 Å². The fourth-order valence-corrected chi connectivity index (χ4v) is 2.79. The molecule has 0 aromatic heterocycles. The molecule has 1 nitrogen and oxygen atoms in total. The van der Waals surface area contributed by atoms with Crippen molar-refractivity contribution in [3.05, 3.63) is 82.6 Å². The zero-order valence-corrected chi connectivity index (χ0v) is 14.9. The molecule has 1 radical (unpaired) electrons. The smallest absolute Gasteiger partial charge is 0.417 e. The minimum Gasteiger partial charge on any atom is -0.457 e. The molecule has 0 saturated heterocycles. The number of halogens is 8. The van der Waals surface area contributed by atoms with Crippen molar-refractivity contribution >= 4 is 11.6 Å². The molecule has 0 aliphatic carbocycles. The summed E-state index contributed by atoms with van der Waals surface area (Å²) in [6.45, 7) is 0. The number of benzene rings is 3. The molecule has 0 aliphatic rings. The van der Waals surface area contributed by atoms with Crippen LogP contribution >= 0.6 is 11.6 Å². The molecule has 3 aromatic carbocycles. The Morgan fingerprint density at radius 2 is 1.41 bits per heavy atom. The van der Waals surface area contributed by atoms with Crippen molar-refractivity contribution in [1.29, 1.82) is 0 Å². The highest BCUT2D eigenvalue weighted by molar-refractivity contribution is 6.31. The Labute approximate surface area is 165 Å². The molecule has 0 fully saturated rings. The van der Waals surface area contributed by atoms with E-state index >= 15 is 0 Å². The average Bonchev–Trinajstić information content (AvgIpc) is 2.61. The topological polar surface area (TPSA) is 9.23 Å². The molecule has 29 heavy (non-hydrogen) atoms. The maximum Gasteiger partial charge on any atom is 0.417 e. The van der Waals surface area contributed by atoms with E-state index < -0.39 is 39.9 Å². The van der Waals surface area contributed by atoms with Gasteiger partial charge in [-0.1, -0.05) is 23.7 Å². The number of alkyl halides is 6. The number of hydrogen-bond acceptors (Lipinski definition) is 1. The van der Waals surface area contributed by atoms with E-state index in [4.69, 9.17) is 16.3 Å². The van der Waals surface area contributed by atoms with Gasteiger partial charge in [0, 0.05) is 11.6 Å². The first-order chi connectivity index (χ1) is 13.4. The maximum absolute atomic E-state index is 13.5. The van der Waals surface area contributed by atoms with Gasteiger partial charge in [-0.15, -0.1) is 0 Å². The highest BCUT2D eigenvalue weighted by Gasteiger charge is 2.35. The van der Waals surface area contributed by atoms with E-state index in [0.29, 0.717) is 18.2 Å². The van der Waals surface area contributed by atoms with Crippen molar-refractivity contribution in [1.82, 2.24) is 0 Å². The standard InChI is InChI=1S/C20H9ClF7O/c21-18-7-5-14(10-17(18)20(26,27)28)29-13-3-1-2-11(8-13)15-9-12(22)4-6-16(15)19(23,24)25/h1-8,10H. The Morgan fingerprint density at radius 3 is 2.07 bits per heavy atom. The third-order valence-electron chi connectivity index (χ3n) is 3.82. The van der Waals surface area contributed by atoms with E-state index in [1.54, 1.807) is 0 Å². The zero-order valence-electron chi connectivity index (χ0n) is 14.1. The van der Waals surface area contributed by atoms with Crippen molar-refractivity contribution in [3.8, 4) is 22.6 Å². The van der Waals surface area contributed by atoms with Crippen LogP contribution in [0.1, 0.15) is 11.1 Å². The van der Waals surface area contributed by atoms with Gasteiger partial charge >= 0.3 is 12.4 Å². The summed E-state index contributed by atoms with van der Waals surface area (Å²) in [7, 11) is 0. The van der Waals surface area contributed by atoms with Gasteiger partial charge < -0.3 is 4.74 Å². The second-order valence-corrected chi connectivity index (χ2v) is 6.27. The van der Waals surface area contributed by atoms with Crippen molar-refractivity contribution in [3.63, 3.8) is 0 Å². The van der Waals surface area contributed by atoms with Gasteiger partial charge in [0.1, 0.15) is 17.3 Å². The number of ether oxygens (including phenoxy) is 1. The van der Waals surface area contributed by atoms with Gasteiger partial charge in [0.15, 0.2) is 0 Å². The summed E-state index contributed by atoms with van der Waals surface area (Å²) in [5.41, 5.74) is -2.85. The molecular weight excluding hydrogens is 425 g/mol. The Hall–Kier alpha value is -2.74. The van der Waals surface area contributed by atoms with Gasteiger partial charge in [-0.2, -0.15) is 26.3 Å². The average molecular weight is 434 g/mol. The van der Waals surface area contributed by atoms with Crippen LogP contribution in [-0.4, -0.2) is 0 Å². The fourth-order valence-electron chi connectivity index (χ4n) is 2.57. The number of rotatable bonds is 3. The van der Waals surface area contributed by atoms with Crippen molar-refractivity contribution < 1.29 is 35.5 Å². The van der Waals surface area contributed by atoms with E-state index in [1.165, 1.54) is 24.3 Å². The molecule has 0 saturated carbocycles. The van der Waals surface area contributed by atoms with Gasteiger partial charge in [0.05, 0.1) is 16.1 Å². The zero-order chi connectivity index (χ0) is 21.4. The van der Waals surface area contributed by atoms with Crippen LogP contribution in [0.4, 0.5) is 30.7 Å². The van der Waals surface area contributed by atoms with Crippen LogP contribution in [0, 0.1) is 11.9 Å². The highest BCUT2D eigenvalue weighted by Crippen LogP contribution is 2.40. The lowest BCUT2D eigenvalue weighted by atomic mass is 9.99. The largest absolute Gasteiger partial charge is 0.457 e. The minimum absolute atomic E-state index is 0.0521. The molecule has 0 bridgehead atoms. The molecular formula is C20H9ClF7O. The second-order valence-electron chi connectivity index (χ2n) is 5.86. The summed E-state index contributed by atoms with van der Waals surface area (Å²) in [5.74, 6) is -1.27. The summed E-state index contributed by atoms with van der Waals surface area (Å²) in [6, 6.07) is 11.2. The lowest BCUT2D eigenvalue weighted by Gasteiger charge is -2.14. The molecule has 0 atom stereocenters. The van der Waals surface area contributed by atoms with Gasteiger partial charge in [0.25, 0.3) is 0 Å². The predicted octanol–water partition coefficient (Wildman–Crippen LogP) is 7.78. The predicted molar refractivity (Wildman–Crippen MR) is 92.2 cm³/mol. The van der Waals surface area contributed by atoms with Crippen LogP contribution in [0.15, 0.2) is 54.6 Å². The molecule has 3 rings (SSSR count). The Morgan fingerprint density at radius 1 is 0.759 bits per heavy atom. The molecule has 3 aromatic rings. The van der Waals surface area contributed by atoms with Gasteiger partial charge in [-0.25, -0.2) is 4.39 Å². The Balaban J connectivity index is 2.00. The van der Waals surface area contributed by atoms with E-state index in [-0.39, 0.29) is 17.1 Å². The van der Waals surface area contributed by atoms with E-state index in [0.717, 1.165) is 12.1 Å². The summed E-state index contributed by atoms with van der Waals surface area (Å²) < 4.78 is 97.4. The normalized spacial score (nSPS) is 12.1. The van der Waals surface area contributed by atoms with Crippen LogP contribution in [0.5, 0.6) is 11.5 Å². The minimum atomic E-state index is -4.76. The molecule has 151 valence electrons. The maximum atomic E-state index is 13.5. The van der Waals surface area contributed by atoms with Crippen LogP contribution in [0.2, 0.25) is 5.02 Å². The first kappa shape index (κ1) is 21.0. The van der Waals surface area contributed by atoms with E-state index in [2.05, 4.69) is 0 Å². The summed E-state index contributed by atoms with van der Waals surface area (Å²) in [5, 5.41) is -0.525. The lowest BCUT2D eigenvalue weighted by Crippen LogP contribution is -2.07.